The quantitative estimate of drug-likeness (QED) is 0.219. The molecule has 49 heavy (non-hydrogen) atoms. The summed E-state index contributed by atoms with van der Waals surface area (Å²) < 4.78 is 15.4. The molecule has 2 spiro atoms. The molecular formula is C35H55ClN6O7. The third kappa shape index (κ3) is 13.0. The molecule has 1 aliphatic carbocycles. The standard InChI is InChI=1S/C12H15N3O3.C8H14O.C6H15N.C5H3ClN2O2.C4H8O/c16-15(17)11-7-13-4-1-10(11)14-5-2-12(3-6-14)8-18-9-12;1-2-4-8(5-3-1)6-9-7-8;1-4-7(5-2)6-3;6-4-1-2-7-3-5(4)8(9)10;1-2-4-5-3-1/h1,4,7H,2-3,5-6,8-9H2;1-7H2;4-6H2,1-3H3;1-3H;1-4H2. The number of anilines is 1. The first-order chi connectivity index (χ1) is 23.7. The molecule has 2 aromatic heterocycles. The minimum Gasteiger partial charge on any atom is -0.381 e. The molecule has 13 nitrogen and oxygen atoms in total. The van der Waals surface area contributed by atoms with Crippen LogP contribution in [-0.2, 0) is 14.2 Å². The molecule has 6 heterocycles. The topological polar surface area (TPSA) is 146 Å². The second-order valence-electron chi connectivity index (χ2n) is 13.2. The zero-order valence-electron chi connectivity index (χ0n) is 29.5. The van der Waals surface area contributed by atoms with Crippen molar-refractivity contribution in [1.82, 2.24) is 14.9 Å². The van der Waals surface area contributed by atoms with Crippen LogP contribution in [0.25, 0.3) is 0 Å². The summed E-state index contributed by atoms with van der Waals surface area (Å²) in [7, 11) is 0. The molecular weight excluding hydrogens is 652 g/mol. The summed E-state index contributed by atoms with van der Waals surface area (Å²) in [4.78, 5) is 32.0. The number of aromatic nitrogens is 2. The van der Waals surface area contributed by atoms with Gasteiger partial charge in [0.25, 0.3) is 0 Å². The molecule has 0 atom stereocenters. The van der Waals surface area contributed by atoms with Gasteiger partial charge in [0, 0.05) is 49.5 Å². The van der Waals surface area contributed by atoms with Gasteiger partial charge in [-0.15, -0.1) is 0 Å². The van der Waals surface area contributed by atoms with Gasteiger partial charge in [-0.3, -0.25) is 30.2 Å². The minimum absolute atomic E-state index is 0.0957. The Hall–Kier alpha value is -2.97. The van der Waals surface area contributed by atoms with Crippen molar-refractivity contribution in [2.45, 2.75) is 78.6 Å². The summed E-state index contributed by atoms with van der Waals surface area (Å²) in [6, 6.07) is 3.10. The predicted octanol–water partition coefficient (Wildman–Crippen LogP) is 7.36. The van der Waals surface area contributed by atoms with Gasteiger partial charge in [0.05, 0.1) is 36.3 Å². The molecule has 1 saturated carbocycles. The predicted molar refractivity (Wildman–Crippen MR) is 191 cm³/mol. The van der Waals surface area contributed by atoms with Crippen molar-refractivity contribution in [2.75, 3.05) is 77.3 Å². The Kier molecular flexibility index (Phi) is 17.6. The zero-order chi connectivity index (χ0) is 35.5. The van der Waals surface area contributed by atoms with Crippen LogP contribution in [-0.4, -0.2) is 97.1 Å². The van der Waals surface area contributed by atoms with Gasteiger partial charge in [0.1, 0.15) is 23.1 Å². The van der Waals surface area contributed by atoms with Gasteiger partial charge in [-0.25, -0.2) is 0 Å². The number of ether oxygens (including phenoxy) is 3. The molecule has 0 amide bonds. The lowest BCUT2D eigenvalue weighted by Gasteiger charge is -2.47. The maximum Gasteiger partial charge on any atom is 0.310 e. The van der Waals surface area contributed by atoms with Crippen molar-refractivity contribution >= 4 is 28.7 Å². The van der Waals surface area contributed by atoms with Crippen molar-refractivity contribution < 1.29 is 24.1 Å². The Labute approximate surface area is 296 Å². The van der Waals surface area contributed by atoms with Crippen molar-refractivity contribution in [3.05, 3.63) is 62.2 Å². The SMILES string of the molecule is C1CCC2(CC1)COC2.C1CCOC1.CCN(CC)CC.O=[N+]([O-])c1cnccc1Cl.O=[N+]([O-])c1cnccc1N1CCC2(CC1)COC2. The van der Waals surface area contributed by atoms with Crippen LogP contribution in [0.1, 0.15) is 78.6 Å². The maximum absolute atomic E-state index is 11.0. The monoisotopic (exact) mass is 706 g/mol. The van der Waals surface area contributed by atoms with Gasteiger partial charge >= 0.3 is 11.4 Å². The van der Waals surface area contributed by atoms with E-state index in [4.69, 9.17) is 25.8 Å². The van der Waals surface area contributed by atoms with Crippen molar-refractivity contribution in [1.29, 1.82) is 0 Å². The summed E-state index contributed by atoms with van der Waals surface area (Å²) in [5.74, 6) is 0. The van der Waals surface area contributed by atoms with Gasteiger partial charge in [-0.1, -0.05) is 51.6 Å². The molecule has 5 fully saturated rings. The van der Waals surface area contributed by atoms with E-state index in [0.29, 0.717) is 16.5 Å². The van der Waals surface area contributed by atoms with E-state index in [1.807, 2.05) is 0 Å². The largest absolute Gasteiger partial charge is 0.381 e. The number of hydrogen-bond acceptors (Lipinski definition) is 11. The second kappa shape index (κ2) is 21.3. The fourth-order valence-corrected chi connectivity index (χ4v) is 6.53. The zero-order valence-corrected chi connectivity index (χ0v) is 30.3. The number of piperidine rings is 1. The van der Waals surface area contributed by atoms with Crippen LogP contribution in [0.4, 0.5) is 17.1 Å². The number of nitrogens with zero attached hydrogens (tertiary/aromatic N) is 6. The fourth-order valence-electron chi connectivity index (χ4n) is 6.35. The highest BCUT2D eigenvalue weighted by molar-refractivity contribution is 6.32. The average Bonchev–Trinajstić information content (AvgIpc) is 3.70. The Balaban J connectivity index is 0.000000180. The first kappa shape index (κ1) is 40.5. The van der Waals surface area contributed by atoms with Crippen LogP contribution in [0, 0.1) is 31.1 Å². The summed E-state index contributed by atoms with van der Waals surface area (Å²) >= 11 is 5.44. The smallest absolute Gasteiger partial charge is 0.310 e. The van der Waals surface area contributed by atoms with E-state index in [1.54, 1.807) is 12.3 Å². The van der Waals surface area contributed by atoms with Crippen molar-refractivity contribution in [3.63, 3.8) is 0 Å². The third-order valence-electron chi connectivity index (χ3n) is 9.80. The molecule has 14 heteroatoms. The van der Waals surface area contributed by atoms with Crippen molar-refractivity contribution in [2.24, 2.45) is 10.8 Å². The number of nitro groups is 2. The first-order valence-electron chi connectivity index (χ1n) is 17.7. The fraction of sp³-hybridized carbons (Fsp3) is 0.714. The van der Waals surface area contributed by atoms with E-state index in [0.717, 1.165) is 71.8 Å². The third-order valence-corrected chi connectivity index (χ3v) is 10.1. The molecule has 0 bridgehead atoms. The summed E-state index contributed by atoms with van der Waals surface area (Å²) in [6.07, 6.45) is 17.3. The van der Waals surface area contributed by atoms with Gasteiger partial charge in [0.15, 0.2) is 0 Å². The number of rotatable bonds is 6. The molecule has 0 aromatic carbocycles. The lowest BCUT2D eigenvalue weighted by Crippen LogP contribution is -2.51. The van der Waals surface area contributed by atoms with E-state index in [1.165, 1.54) is 83.0 Å². The Morgan fingerprint density at radius 1 is 0.735 bits per heavy atom. The van der Waals surface area contributed by atoms with Gasteiger partial charge in [-0.05, 0) is 70.3 Å². The Morgan fingerprint density at radius 3 is 1.57 bits per heavy atom. The minimum atomic E-state index is -0.574. The molecule has 7 rings (SSSR count). The average molecular weight is 707 g/mol. The molecule has 274 valence electrons. The van der Waals surface area contributed by atoms with Gasteiger partial charge < -0.3 is 24.0 Å². The lowest BCUT2D eigenvalue weighted by atomic mass is 9.73. The van der Waals surface area contributed by atoms with Gasteiger partial charge in [0.2, 0.25) is 0 Å². The molecule has 0 unspecified atom stereocenters. The van der Waals surface area contributed by atoms with Crippen LogP contribution in [0.5, 0.6) is 0 Å². The normalized spacial score (nSPS) is 19.7. The molecule has 4 aliphatic heterocycles. The molecule has 0 radical (unpaired) electrons. The maximum atomic E-state index is 11.0. The highest BCUT2D eigenvalue weighted by Gasteiger charge is 2.42. The Morgan fingerprint density at radius 2 is 1.22 bits per heavy atom. The summed E-state index contributed by atoms with van der Waals surface area (Å²) in [5, 5.41) is 21.2. The van der Waals surface area contributed by atoms with Gasteiger partial charge in [-0.2, -0.15) is 0 Å². The van der Waals surface area contributed by atoms with E-state index in [-0.39, 0.29) is 21.3 Å². The van der Waals surface area contributed by atoms with Crippen LogP contribution in [0.3, 0.4) is 0 Å². The molecule has 0 N–H and O–H groups in total. The number of halogens is 1. The van der Waals surface area contributed by atoms with E-state index in [2.05, 4.69) is 40.5 Å². The Bertz CT molecular complexity index is 1240. The van der Waals surface area contributed by atoms with Crippen molar-refractivity contribution in [3.8, 4) is 0 Å². The van der Waals surface area contributed by atoms with Crippen LogP contribution in [0.2, 0.25) is 5.02 Å². The molecule has 5 aliphatic rings. The first-order valence-corrected chi connectivity index (χ1v) is 18.1. The summed E-state index contributed by atoms with van der Waals surface area (Å²) in [6.45, 7) is 17.7. The number of pyridine rings is 2. The van der Waals surface area contributed by atoms with Crippen LogP contribution in [0.15, 0.2) is 36.9 Å². The van der Waals surface area contributed by atoms with Crippen LogP contribution >= 0.6 is 11.6 Å². The van der Waals surface area contributed by atoms with Crippen LogP contribution < -0.4 is 4.90 Å². The number of hydrogen-bond donors (Lipinski definition) is 0. The van der Waals surface area contributed by atoms with E-state index in [9.17, 15) is 20.2 Å². The van der Waals surface area contributed by atoms with E-state index < -0.39 is 4.92 Å². The molecule has 2 aromatic rings. The second-order valence-corrected chi connectivity index (χ2v) is 13.6. The summed E-state index contributed by atoms with van der Waals surface area (Å²) in [5.41, 5.74) is 1.64. The molecule has 4 saturated heterocycles. The highest BCUT2D eigenvalue weighted by Crippen LogP contribution is 2.42. The highest BCUT2D eigenvalue weighted by atomic mass is 35.5. The lowest BCUT2D eigenvalue weighted by molar-refractivity contribution is -0.385. The van der Waals surface area contributed by atoms with E-state index >= 15 is 0 Å².